The van der Waals surface area contributed by atoms with Crippen LogP contribution in [0.1, 0.15) is 33.6 Å². The van der Waals surface area contributed by atoms with Crippen molar-refractivity contribution in [2.75, 3.05) is 13.6 Å². The van der Waals surface area contributed by atoms with Crippen molar-refractivity contribution in [1.82, 2.24) is 10.2 Å². The highest BCUT2D eigenvalue weighted by atomic mass is 19.1. The van der Waals surface area contributed by atoms with E-state index in [2.05, 4.69) is 5.32 Å². The molecule has 1 aliphatic heterocycles. The Kier molecular flexibility index (Phi) is 5.42. The number of hydrogen-bond acceptors (Lipinski definition) is 3. The third-order valence-corrected chi connectivity index (χ3v) is 5.68. The van der Waals surface area contributed by atoms with Gasteiger partial charge in [-0.2, -0.15) is 0 Å². The van der Waals surface area contributed by atoms with Crippen LogP contribution in [0.25, 0.3) is 21.9 Å². The number of hydrogen-bond donors (Lipinski definition) is 2. The van der Waals surface area contributed by atoms with Gasteiger partial charge in [0, 0.05) is 24.7 Å². The molecule has 2 amide bonds. The van der Waals surface area contributed by atoms with E-state index < -0.39 is 17.8 Å². The van der Waals surface area contributed by atoms with Crippen LogP contribution in [0.5, 0.6) is 0 Å². The Balaban J connectivity index is 1.64. The zero-order valence-corrected chi connectivity index (χ0v) is 16.9. The minimum absolute atomic E-state index is 0.109. The Morgan fingerprint density at radius 2 is 1.71 bits per heavy atom. The largest absolute Gasteiger partial charge is 0.478 e. The second-order valence-corrected chi connectivity index (χ2v) is 7.55. The predicted octanol–water partition coefficient (Wildman–Crippen LogP) is 3.69. The minimum atomic E-state index is -1.18. The summed E-state index contributed by atoms with van der Waals surface area (Å²) in [5.74, 6) is -2.14. The molecule has 0 aliphatic carbocycles. The molecule has 6 nitrogen and oxygen atoms in total. The molecule has 1 heterocycles. The van der Waals surface area contributed by atoms with Crippen LogP contribution in [-0.2, 0) is 4.79 Å². The highest BCUT2D eigenvalue weighted by Gasteiger charge is 2.34. The monoisotopic (exact) mass is 420 g/mol. The van der Waals surface area contributed by atoms with Gasteiger partial charge >= 0.3 is 5.97 Å². The van der Waals surface area contributed by atoms with Crippen molar-refractivity contribution in [2.45, 2.75) is 18.9 Å². The number of carboxylic acid groups (broad SMARTS) is 1. The van der Waals surface area contributed by atoms with Crippen molar-refractivity contribution in [3.8, 4) is 11.1 Å². The van der Waals surface area contributed by atoms with Crippen LogP contribution in [0.15, 0.2) is 54.6 Å². The second-order valence-electron chi connectivity index (χ2n) is 7.55. The van der Waals surface area contributed by atoms with Gasteiger partial charge in [-0.1, -0.05) is 24.3 Å². The number of benzene rings is 3. The van der Waals surface area contributed by atoms with E-state index in [0.29, 0.717) is 29.7 Å². The smallest absolute Gasteiger partial charge is 0.335 e. The van der Waals surface area contributed by atoms with Crippen LogP contribution in [0.2, 0.25) is 0 Å². The van der Waals surface area contributed by atoms with Gasteiger partial charge in [0.05, 0.1) is 5.56 Å². The summed E-state index contributed by atoms with van der Waals surface area (Å²) in [6.45, 7) is 0.541. The van der Waals surface area contributed by atoms with E-state index in [1.54, 1.807) is 48.3 Å². The average molecular weight is 420 g/mol. The van der Waals surface area contributed by atoms with Crippen LogP contribution in [0.3, 0.4) is 0 Å². The molecule has 1 saturated heterocycles. The van der Waals surface area contributed by atoms with E-state index in [1.165, 1.54) is 12.1 Å². The molecule has 1 fully saturated rings. The van der Waals surface area contributed by atoms with Gasteiger partial charge < -0.3 is 15.3 Å². The summed E-state index contributed by atoms with van der Waals surface area (Å²) >= 11 is 0. The van der Waals surface area contributed by atoms with E-state index in [1.807, 2.05) is 0 Å². The number of likely N-dealkylation sites (N-methyl/N-ethyl adjacent to an activating group) is 1. The SMILES string of the molecule is CNC(=O)[C@H]1CCCN1C(=O)c1ccc2cc(-c3ccc(C(=O)O)cc3F)ccc2c1. The first kappa shape index (κ1) is 20.5. The van der Waals surface area contributed by atoms with Crippen molar-refractivity contribution in [3.05, 3.63) is 71.5 Å². The van der Waals surface area contributed by atoms with E-state index in [-0.39, 0.29) is 17.4 Å². The quantitative estimate of drug-likeness (QED) is 0.674. The third-order valence-electron chi connectivity index (χ3n) is 5.68. The van der Waals surface area contributed by atoms with Gasteiger partial charge in [0.15, 0.2) is 0 Å². The van der Waals surface area contributed by atoms with E-state index in [0.717, 1.165) is 23.3 Å². The maximum Gasteiger partial charge on any atom is 0.335 e. The summed E-state index contributed by atoms with van der Waals surface area (Å²) < 4.78 is 14.4. The van der Waals surface area contributed by atoms with E-state index >= 15 is 0 Å². The molecule has 31 heavy (non-hydrogen) atoms. The number of carboxylic acids is 1. The van der Waals surface area contributed by atoms with E-state index in [4.69, 9.17) is 5.11 Å². The molecule has 4 rings (SSSR count). The lowest BCUT2D eigenvalue weighted by molar-refractivity contribution is -0.124. The fourth-order valence-corrected chi connectivity index (χ4v) is 4.04. The summed E-state index contributed by atoms with van der Waals surface area (Å²) in [5.41, 5.74) is 1.30. The molecule has 3 aromatic carbocycles. The van der Waals surface area contributed by atoms with Gasteiger partial charge in [-0.25, -0.2) is 9.18 Å². The lowest BCUT2D eigenvalue weighted by Crippen LogP contribution is -2.44. The number of amides is 2. The number of rotatable bonds is 4. The summed E-state index contributed by atoms with van der Waals surface area (Å²) in [7, 11) is 1.56. The number of nitrogens with zero attached hydrogens (tertiary/aromatic N) is 1. The number of likely N-dealkylation sites (tertiary alicyclic amines) is 1. The topological polar surface area (TPSA) is 86.7 Å². The number of carbonyl (C=O) groups is 3. The first-order chi connectivity index (χ1) is 14.9. The van der Waals surface area contributed by atoms with Crippen LogP contribution in [0.4, 0.5) is 4.39 Å². The number of nitrogens with one attached hydrogen (secondary N) is 1. The van der Waals surface area contributed by atoms with Gasteiger partial charge in [0.25, 0.3) is 5.91 Å². The highest BCUT2D eigenvalue weighted by Crippen LogP contribution is 2.29. The number of halogens is 1. The molecule has 0 bridgehead atoms. The Morgan fingerprint density at radius 3 is 2.42 bits per heavy atom. The first-order valence-electron chi connectivity index (χ1n) is 9.98. The van der Waals surface area contributed by atoms with Gasteiger partial charge in [-0.3, -0.25) is 9.59 Å². The lowest BCUT2D eigenvalue weighted by Gasteiger charge is -2.23. The number of aromatic carboxylic acids is 1. The van der Waals surface area contributed by atoms with Gasteiger partial charge in [0.1, 0.15) is 11.9 Å². The molecule has 0 spiro atoms. The van der Waals surface area contributed by atoms with Crippen LogP contribution < -0.4 is 5.32 Å². The molecular formula is C24H21FN2O4. The maximum absolute atomic E-state index is 14.4. The average Bonchev–Trinajstić information content (AvgIpc) is 3.27. The van der Waals surface area contributed by atoms with Crippen molar-refractivity contribution in [2.24, 2.45) is 0 Å². The Labute approximate surface area is 178 Å². The zero-order valence-electron chi connectivity index (χ0n) is 16.9. The Hall–Kier alpha value is -3.74. The Morgan fingerprint density at radius 1 is 1.00 bits per heavy atom. The number of carbonyl (C=O) groups excluding carboxylic acids is 2. The fraction of sp³-hybridized carbons (Fsp3) is 0.208. The molecule has 1 aliphatic rings. The lowest BCUT2D eigenvalue weighted by atomic mass is 9.98. The number of fused-ring (bicyclic) bond motifs is 1. The molecule has 0 radical (unpaired) electrons. The summed E-state index contributed by atoms with van der Waals surface area (Å²) in [5, 5.41) is 13.2. The molecule has 2 N–H and O–H groups in total. The molecule has 7 heteroatoms. The van der Waals surface area contributed by atoms with Crippen LogP contribution >= 0.6 is 0 Å². The molecule has 158 valence electrons. The molecule has 0 unspecified atom stereocenters. The molecular weight excluding hydrogens is 399 g/mol. The second kappa shape index (κ2) is 8.18. The molecule has 1 atom stereocenters. The van der Waals surface area contributed by atoms with Crippen LogP contribution in [-0.4, -0.2) is 47.4 Å². The van der Waals surface area contributed by atoms with Crippen molar-refractivity contribution < 1.29 is 23.9 Å². The predicted molar refractivity (Wildman–Crippen MR) is 114 cm³/mol. The highest BCUT2D eigenvalue weighted by molar-refractivity contribution is 6.01. The van der Waals surface area contributed by atoms with Crippen LogP contribution in [0, 0.1) is 5.82 Å². The first-order valence-corrected chi connectivity index (χ1v) is 9.98. The summed E-state index contributed by atoms with van der Waals surface area (Å²) in [6.07, 6.45) is 1.43. The maximum atomic E-state index is 14.4. The Bertz CT molecular complexity index is 1210. The van der Waals surface area contributed by atoms with Gasteiger partial charge in [-0.05, 0) is 59.5 Å². The summed E-state index contributed by atoms with van der Waals surface area (Å²) in [6, 6.07) is 14.0. The van der Waals surface area contributed by atoms with E-state index in [9.17, 15) is 18.8 Å². The molecule has 0 aromatic heterocycles. The molecule has 0 saturated carbocycles. The fourth-order valence-electron chi connectivity index (χ4n) is 4.04. The zero-order chi connectivity index (χ0) is 22.1. The van der Waals surface area contributed by atoms with Crippen molar-refractivity contribution in [1.29, 1.82) is 0 Å². The minimum Gasteiger partial charge on any atom is -0.478 e. The van der Waals surface area contributed by atoms with Crippen molar-refractivity contribution >= 4 is 28.6 Å². The molecule has 3 aromatic rings. The normalized spacial score (nSPS) is 15.8. The van der Waals surface area contributed by atoms with Gasteiger partial charge in [0.2, 0.25) is 5.91 Å². The standard InChI is InChI=1S/C24H21FN2O4/c1-26-22(28)21-3-2-10-27(21)23(29)17-7-5-14-11-16(6-4-15(14)12-17)19-9-8-18(24(30)31)13-20(19)25/h4-9,11-13,21H,2-3,10H2,1H3,(H,26,28)(H,30,31)/t21-/m1/s1. The third kappa shape index (κ3) is 3.86. The van der Waals surface area contributed by atoms with Gasteiger partial charge in [-0.15, -0.1) is 0 Å². The van der Waals surface area contributed by atoms with Crippen molar-refractivity contribution in [3.63, 3.8) is 0 Å². The summed E-state index contributed by atoms with van der Waals surface area (Å²) in [4.78, 5) is 37.7.